The Morgan fingerprint density at radius 1 is 1.23 bits per heavy atom. The third kappa shape index (κ3) is 9.32. The van der Waals surface area contributed by atoms with Gasteiger partial charge in [0.25, 0.3) is 5.56 Å². The molecule has 0 bridgehead atoms. The van der Waals surface area contributed by atoms with Crippen LogP contribution in [0.2, 0.25) is 0 Å². The van der Waals surface area contributed by atoms with Gasteiger partial charge in [-0.1, -0.05) is 44.9 Å². The average molecular weight is 687 g/mol. The lowest BCUT2D eigenvalue weighted by atomic mass is 9.99. The number of para-hydroxylation sites is 1. The van der Waals surface area contributed by atoms with Gasteiger partial charge in [-0.3, -0.25) is 23.7 Å². The molecule has 1 aromatic carbocycles. The van der Waals surface area contributed by atoms with Crippen LogP contribution in [0, 0.1) is 11.3 Å². The fourth-order valence-electron chi connectivity index (χ4n) is 5.79. The number of ether oxygens (including phenoxy) is 3. The van der Waals surface area contributed by atoms with Crippen LogP contribution in [0.25, 0.3) is 17.4 Å². The lowest BCUT2D eigenvalue weighted by Crippen LogP contribution is -2.36. The predicted octanol–water partition coefficient (Wildman–Crippen LogP) is 5.42. The van der Waals surface area contributed by atoms with Crippen molar-refractivity contribution in [1.82, 2.24) is 24.6 Å². The highest BCUT2D eigenvalue weighted by atomic mass is 31.2. The lowest BCUT2D eigenvalue weighted by molar-refractivity contribution is -0.171. The van der Waals surface area contributed by atoms with E-state index in [9.17, 15) is 14.2 Å². The fraction of sp³-hybridized carbons (Fsp3) is 0.576. The molecule has 1 aliphatic carbocycles. The van der Waals surface area contributed by atoms with E-state index in [0.29, 0.717) is 31.0 Å². The van der Waals surface area contributed by atoms with Crippen LogP contribution in [0.5, 0.6) is 5.75 Å². The first-order valence-corrected chi connectivity index (χ1v) is 18.3. The first-order chi connectivity index (χ1) is 23.1. The van der Waals surface area contributed by atoms with Crippen molar-refractivity contribution in [3.05, 3.63) is 52.6 Å². The highest BCUT2D eigenvalue weighted by molar-refractivity contribution is 7.52. The van der Waals surface area contributed by atoms with Crippen LogP contribution in [0.15, 0.2) is 47.0 Å². The van der Waals surface area contributed by atoms with Gasteiger partial charge < -0.3 is 24.5 Å². The van der Waals surface area contributed by atoms with E-state index in [1.54, 1.807) is 42.0 Å². The van der Waals surface area contributed by atoms with Crippen LogP contribution >= 0.6 is 7.75 Å². The number of nitrogens with zero attached hydrogens (tertiary/aromatic N) is 3. The first-order valence-electron chi connectivity index (χ1n) is 16.7. The number of fused-ring (bicyclic) bond motifs is 1. The molecule has 2 aliphatic rings. The topological polar surface area (TPSA) is 182 Å². The summed E-state index contributed by atoms with van der Waals surface area (Å²) in [6.07, 6.45) is 10.1. The van der Waals surface area contributed by atoms with E-state index >= 15 is 0 Å². The van der Waals surface area contributed by atoms with Crippen molar-refractivity contribution in [1.29, 1.82) is 0 Å². The smallest absolute Gasteiger partial charge is 0.459 e. The molecule has 1 saturated carbocycles. The Balaban J connectivity index is 1.35. The summed E-state index contributed by atoms with van der Waals surface area (Å²) in [6, 6.07) is 7.66. The SMILES string of the molecule is CCCC(CCC)COC(=O)[C@H](C)NP(=O)(OC[C@@]1(COC2CCCCO2)C/C1=C/n1cnc2c(=O)[nH]c(N)nc21)Oc1ccccc1. The second-order valence-corrected chi connectivity index (χ2v) is 14.3. The molecule has 5 rings (SSSR count). The summed E-state index contributed by atoms with van der Waals surface area (Å²) >= 11 is 0. The van der Waals surface area contributed by atoms with E-state index in [2.05, 4.69) is 33.9 Å². The molecule has 2 fully saturated rings. The van der Waals surface area contributed by atoms with Gasteiger partial charge in [-0.15, -0.1) is 0 Å². The van der Waals surface area contributed by atoms with Crippen molar-refractivity contribution in [2.75, 3.05) is 32.2 Å². The maximum absolute atomic E-state index is 14.4. The molecule has 0 spiro atoms. The van der Waals surface area contributed by atoms with Crippen LogP contribution < -0.4 is 20.9 Å². The summed E-state index contributed by atoms with van der Waals surface area (Å²) in [4.78, 5) is 36.3. The molecular formula is C33H47N6O8P. The summed E-state index contributed by atoms with van der Waals surface area (Å²) in [5, 5.41) is 2.81. The Morgan fingerprint density at radius 3 is 2.71 bits per heavy atom. The minimum Gasteiger partial charge on any atom is -0.464 e. The second kappa shape index (κ2) is 16.2. The van der Waals surface area contributed by atoms with E-state index in [1.165, 1.54) is 6.33 Å². The van der Waals surface area contributed by atoms with Crippen LogP contribution in [0.4, 0.5) is 5.95 Å². The Bertz CT molecular complexity index is 1650. The molecule has 3 heterocycles. The van der Waals surface area contributed by atoms with E-state index in [-0.39, 0.29) is 36.9 Å². The van der Waals surface area contributed by atoms with E-state index in [4.69, 9.17) is 29.0 Å². The summed E-state index contributed by atoms with van der Waals surface area (Å²) in [6.45, 7) is 6.85. The molecule has 48 heavy (non-hydrogen) atoms. The largest absolute Gasteiger partial charge is 0.464 e. The molecular weight excluding hydrogens is 639 g/mol. The predicted molar refractivity (Wildman–Crippen MR) is 181 cm³/mol. The number of aromatic amines is 1. The van der Waals surface area contributed by atoms with Gasteiger partial charge >= 0.3 is 13.7 Å². The van der Waals surface area contributed by atoms with Crippen LogP contribution in [-0.4, -0.2) is 64.2 Å². The zero-order valence-corrected chi connectivity index (χ0v) is 28.8. The molecule has 2 unspecified atom stereocenters. The first kappa shape index (κ1) is 35.7. The number of esters is 1. The Hall–Kier alpha value is -3.55. The number of imidazole rings is 1. The van der Waals surface area contributed by atoms with Gasteiger partial charge in [-0.2, -0.15) is 10.1 Å². The third-order valence-electron chi connectivity index (χ3n) is 8.55. The third-order valence-corrected chi connectivity index (χ3v) is 10.2. The zero-order chi connectivity index (χ0) is 34.1. The molecule has 262 valence electrons. The standard InChI is InChI=1S/C33H47N6O8P/c1-4-11-24(12-5-2)19-44-31(41)23(3)38-48(42,47-26-13-7-6-8-14-26)46-21-33(20-45-27-15-9-10-16-43-27)17-25(33)18-39-22-35-28-29(39)36-32(34)37-30(28)40/h6-8,13-14,18,22-24,27H,4-5,9-12,15-17,19-21H2,1-3H3,(H,38,42)(H3,34,36,37,40)/b25-18-/t23-,27?,33-,48?/m0/s1. The molecule has 14 nitrogen and oxygen atoms in total. The molecule has 4 atom stereocenters. The molecule has 0 radical (unpaired) electrons. The fourth-order valence-corrected chi connectivity index (χ4v) is 7.37. The van der Waals surface area contributed by atoms with Crippen molar-refractivity contribution in [3.8, 4) is 5.75 Å². The van der Waals surface area contributed by atoms with Crippen LogP contribution in [0.3, 0.4) is 0 Å². The number of carbonyl (C=O) groups is 1. The number of aromatic nitrogens is 4. The summed E-state index contributed by atoms with van der Waals surface area (Å²) in [5.74, 6) is 0.0114. The van der Waals surface area contributed by atoms with Crippen molar-refractivity contribution in [2.24, 2.45) is 11.3 Å². The van der Waals surface area contributed by atoms with Gasteiger partial charge in [0, 0.05) is 18.2 Å². The number of benzene rings is 1. The highest BCUT2D eigenvalue weighted by Crippen LogP contribution is 2.57. The molecule has 0 amide bonds. The maximum atomic E-state index is 14.4. The lowest BCUT2D eigenvalue weighted by Gasteiger charge is -2.27. The number of hydrogen-bond acceptors (Lipinski definition) is 11. The number of nitrogens with two attached hydrogens (primary N) is 1. The van der Waals surface area contributed by atoms with Crippen LogP contribution in [0.1, 0.15) is 72.1 Å². The number of hydrogen-bond donors (Lipinski definition) is 3. The van der Waals surface area contributed by atoms with Gasteiger partial charge in [-0.25, -0.2) is 9.55 Å². The van der Waals surface area contributed by atoms with Gasteiger partial charge in [0.15, 0.2) is 17.5 Å². The van der Waals surface area contributed by atoms with Crippen molar-refractivity contribution >= 4 is 37.0 Å². The molecule has 2 aromatic heterocycles. The van der Waals surface area contributed by atoms with Gasteiger partial charge in [0.2, 0.25) is 5.95 Å². The molecule has 4 N–H and O–H groups in total. The number of H-pyrrole nitrogens is 1. The number of rotatable bonds is 18. The number of nitrogens with one attached hydrogen (secondary N) is 2. The average Bonchev–Trinajstić information content (AvgIpc) is 3.61. The molecule has 15 heteroatoms. The van der Waals surface area contributed by atoms with Crippen molar-refractivity contribution < 1.29 is 32.6 Å². The molecule has 1 aliphatic heterocycles. The van der Waals surface area contributed by atoms with Crippen molar-refractivity contribution in [3.63, 3.8) is 0 Å². The van der Waals surface area contributed by atoms with Crippen molar-refractivity contribution in [2.45, 2.75) is 84.5 Å². The van der Waals surface area contributed by atoms with Crippen LogP contribution in [-0.2, 0) is 28.1 Å². The minimum absolute atomic E-state index is 0.0280. The summed E-state index contributed by atoms with van der Waals surface area (Å²) in [5.41, 5.74) is 5.98. The van der Waals surface area contributed by atoms with E-state index < -0.39 is 30.7 Å². The molecule has 1 saturated heterocycles. The Kier molecular flexibility index (Phi) is 12.1. The highest BCUT2D eigenvalue weighted by Gasteiger charge is 2.52. The monoisotopic (exact) mass is 686 g/mol. The van der Waals surface area contributed by atoms with Gasteiger partial charge in [-0.05, 0) is 69.1 Å². The van der Waals surface area contributed by atoms with Gasteiger partial charge in [0.05, 0.1) is 19.8 Å². The summed E-state index contributed by atoms with van der Waals surface area (Å²) < 4.78 is 45.7. The van der Waals surface area contributed by atoms with E-state index in [0.717, 1.165) is 50.5 Å². The Morgan fingerprint density at radius 2 is 2.00 bits per heavy atom. The number of nitrogen functional groups attached to an aromatic ring is 1. The normalized spacial score (nSPS) is 22.1. The number of anilines is 1. The second-order valence-electron chi connectivity index (χ2n) is 12.6. The minimum atomic E-state index is -4.14. The zero-order valence-electron chi connectivity index (χ0n) is 27.9. The maximum Gasteiger partial charge on any atom is 0.459 e. The van der Waals surface area contributed by atoms with E-state index in [1.807, 2.05) is 6.07 Å². The quantitative estimate of drug-likeness (QED) is 0.114. The Labute approximate surface area is 280 Å². The molecule has 3 aromatic rings. The summed E-state index contributed by atoms with van der Waals surface area (Å²) in [7, 11) is -4.14. The van der Waals surface area contributed by atoms with Gasteiger partial charge in [0.1, 0.15) is 18.1 Å². The number of carbonyl (C=O) groups excluding carboxylic acids is 1.